The molecule has 1 aromatic rings. The van der Waals surface area contributed by atoms with Crippen molar-refractivity contribution in [2.45, 2.75) is 32.7 Å². The molecule has 2 N–H and O–H groups in total. The molecule has 14 heavy (non-hydrogen) atoms. The van der Waals surface area contributed by atoms with E-state index in [1.165, 1.54) is 16.2 Å². The van der Waals surface area contributed by atoms with Crippen molar-refractivity contribution < 1.29 is 0 Å². The van der Waals surface area contributed by atoms with Gasteiger partial charge in [0.15, 0.2) is 0 Å². The predicted octanol–water partition coefficient (Wildman–Crippen LogP) is 1.67. The second kappa shape index (κ2) is 3.21. The molecule has 1 aliphatic carbocycles. The number of aromatic nitrogens is 1. The zero-order valence-corrected chi connectivity index (χ0v) is 9.62. The summed E-state index contributed by atoms with van der Waals surface area (Å²) in [4.78, 5) is 15.5. The van der Waals surface area contributed by atoms with Crippen molar-refractivity contribution in [2.24, 2.45) is 5.41 Å². The van der Waals surface area contributed by atoms with Crippen molar-refractivity contribution in [1.29, 1.82) is 0 Å². The van der Waals surface area contributed by atoms with Gasteiger partial charge in [0.05, 0.1) is 0 Å². The van der Waals surface area contributed by atoms with Crippen molar-refractivity contribution in [3.63, 3.8) is 0 Å². The molecule has 0 aliphatic heterocycles. The third-order valence-corrected chi connectivity index (χ3v) is 3.74. The fraction of sp³-hybridized carbons (Fsp3) is 0.700. The van der Waals surface area contributed by atoms with Gasteiger partial charge in [-0.05, 0) is 25.3 Å². The molecule has 1 heterocycles. The van der Waals surface area contributed by atoms with Crippen LogP contribution in [0.3, 0.4) is 0 Å². The molecule has 0 radical (unpaired) electrons. The van der Waals surface area contributed by atoms with Gasteiger partial charge in [-0.15, -0.1) is 0 Å². The lowest BCUT2D eigenvalue weighted by atomic mass is 9.76. The lowest BCUT2D eigenvalue weighted by Crippen LogP contribution is -2.31. The number of thiazole rings is 1. The summed E-state index contributed by atoms with van der Waals surface area (Å²) in [5.41, 5.74) is 1.41. The van der Waals surface area contributed by atoms with E-state index in [9.17, 15) is 4.79 Å². The number of H-pyrrole nitrogens is 1. The number of hydrogen-bond donors (Lipinski definition) is 2. The van der Waals surface area contributed by atoms with Crippen LogP contribution in [0.5, 0.6) is 0 Å². The van der Waals surface area contributed by atoms with Gasteiger partial charge in [0.25, 0.3) is 0 Å². The molecule has 0 saturated heterocycles. The molecule has 3 nitrogen and oxygen atoms in total. The van der Waals surface area contributed by atoms with Crippen LogP contribution in [0.1, 0.15) is 36.9 Å². The Kier molecular flexibility index (Phi) is 2.27. The van der Waals surface area contributed by atoms with Crippen LogP contribution in [0.2, 0.25) is 0 Å². The second-order valence-corrected chi connectivity index (χ2v) is 5.81. The molecule has 0 bridgehead atoms. The zero-order chi connectivity index (χ0) is 10.3. The van der Waals surface area contributed by atoms with Crippen molar-refractivity contribution in [2.75, 3.05) is 7.05 Å². The molecule has 78 valence electrons. The monoisotopic (exact) mass is 212 g/mol. The van der Waals surface area contributed by atoms with Gasteiger partial charge in [0, 0.05) is 16.6 Å². The highest BCUT2D eigenvalue weighted by atomic mass is 32.1. The summed E-state index contributed by atoms with van der Waals surface area (Å²) in [6.07, 6.45) is 2.10. The quantitative estimate of drug-likeness (QED) is 0.743. The van der Waals surface area contributed by atoms with Crippen LogP contribution < -0.4 is 10.2 Å². The van der Waals surface area contributed by atoms with E-state index in [2.05, 4.69) is 24.1 Å². The zero-order valence-electron chi connectivity index (χ0n) is 8.81. The third-order valence-electron chi connectivity index (χ3n) is 2.85. The van der Waals surface area contributed by atoms with Crippen molar-refractivity contribution >= 4 is 11.3 Å². The van der Waals surface area contributed by atoms with Gasteiger partial charge in [-0.1, -0.05) is 25.2 Å². The van der Waals surface area contributed by atoms with E-state index in [0.717, 1.165) is 18.5 Å². The standard InChI is InChI=1S/C10H16N2OS/c1-10(2)4-6(11-3)8-7(5-10)14-9(13)12-8/h6,11H,4-5H2,1-3H3,(H,12,13). The van der Waals surface area contributed by atoms with Crippen molar-refractivity contribution in [1.82, 2.24) is 10.3 Å². The maximum Gasteiger partial charge on any atom is 0.304 e. The lowest BCUT2D eigenvalue weighted by Gasteiger charge is -2.34. The van der Waals surface area contributed by atoms with Crippen molar-refractivity contribution in [3.05, 3.63) is 20.2 Å². The van der Waals surface area contributed by atoms with Crippen molar-refractivity contribution in [3.8, 4) is 0 Å². The van der Waals surface area contributed by atoms with Crippen LogP contribution >= 0.6 is 11.3 Å². The summed E-state index contributed by atoms with van der Waals surface area (Å²) in [6, 6.07) is 0.313. The highest BCUT2D eigenvalue weighted by Gasteiger charge is 2.33. The highest BCUT2D eigenvalue weighted by molar-refractivity contribution is 7.09. The van der Waals surface area contributed by atoms with Crippen LogP contribution in [0, 0.1) is 5.41 Å². The summed E-state index contributed by atoms with van der Waals surface area (Å²) >= 11 is 1.36. The summed E-state index contributed by atoms with van der Waals surface area (Å²) in [5.74, 6) is 0. The molecule has 4 heteroatoms. The van der Waals surface area contributed by atoms with E-state index in [4.69, 9.17) is 0 Å². The fourth-order valence-electron chi connectivity index (χ4n) is 2.19. The molecule has 0 spiro atoms. The molecule has 1 unspecified atom stereocenters. The van der Waals surface area contributed by atoms with Gasteiger partial charge in [-0.2, -0.15) is 0 Å². The van der Waals surface area contributed by atoms with E-state index < -0.39 is 0 Å². The minimum Gasteiger partial charge on any atom is -0.315 e. The first-order valence-electron chi connectivity index (χ1n) is 4.91. The molecule has 1 aromatic heterocycles. The van der Waals surface area contributed by atoms with Crippen LogP contribution in [-0.2, 0) is 6.42 Å². The van der Waals surface area contributed by atoms with Gasteiger partial charge in [0.2, 0.25) is 0 Å². The number of fused-ring (bicyclic) bond motifs is 1. The maximum atomic E-state index is 11.3. The van der Waals surface area contributed by atoms with Crippen LogP contribution in [0.25, 0.3) is 0 Å². The summed E-state index contributed by atoms with van der Waals surface area (Å²) < 4.78 is 0. The average Bonchev–Trinajstić information content (AvgIpc) is 2.41. The fourth-order valence-corrected chi connectivity index (χ4v) is 3.34. The third kappa shape index (κ3) is 1.64. The first-order valence-corrected chi connectivity index (χ1v) is 5.73. The van der Waals surface area contributed by atoms with E-state index in [1.807, 2.05) is 7.05 Å². The van der Waals surface area contributed by atoms with E-state index in [-0.39, 0.29) is 4.87 Å². The number of nitrogens with one attached hydrogen (secondary N) is 2. The Morgan fingerprint density at radius 3 is 2.93 bits per heavy atom. The van der Waals surface area contributed by atoms with E-state index in [1.54, 1.807) is 0 Å². The van der Waals surface area contributed by atoms with E-state index in [0.29, 0.717) is 11.5 Å². The van der Waals surface area contributed by atoms with Crippen LogP contribution in [-0.4, -0.2) is 12.0 Å². The van der Waals surface area contributed by atoms with Gasteiger partial charge in [0.1, 0.15) is 0 Å². The number of aromatic amines is 1. The Hall–Kier alpha value is -0.610. The SMILES string of the molecule is CNC1CC(C)(C)Cc2sc(=O)[nH]c21. The van der Waals surface area contributed by atoms with Gasteiger partial charge in [-0.3, -0.25) is 4.79 Å². The molecule has 0 amide bonds. The number of rotatable bonds is 1. The largest absolute Gasteiger partial charge is 0.315 e. The minimum atomic E-state index is 0.0768. The smallest absolute Gasteiger partial charge is 0.304 e. The number of hydrogen-bond acceptors (Lipinski definition) is 3. The molecule has 2 rings (SSSR count). The topological polar surface area (TPSA) is 44.9 Å². The highest BCUT2D eigenvalue weighted by Crippen LogP contribution is 2.40. The molecule has 1 atom stereocenters. The maximum absolute atomic E-state index is 11.3. The first kappa shape index (κ1) is 9.93. The Labute approximate surface area is 87.6 Å². The molecular weight excluding hydrogens is 196 g/mol. The first-order chi connectivity index (χ1) is 6.52. The molecule has 1 aliphatic rings. The minimum absolute atomic E-state index is 0.0768. The summed E-state index contributed by atoms with van der Waals surface area (Å²) in [6.45, 7) is 4.51. The predicted molar refractivity (Wildman–Crippen MR) is 58.8 cm³/mol. The van der Waals surface area contributed by atoms with Crippen LogP contribution in [0.4, 0.5) is 0 Å². The molecular formula is C10H16N2OS. The second-order valence-electron chi connectivity index (χ2n) is 4.74. The summed E-state index contributed by atoms with van der Waals surface area (Å²) in [5, 5.41) is 3.27. The summed E-state index contributed by atoms with van der Waals surface area (Å²) in [7, 11) is 1.95. The normalized spacial score (nSPS) is 24.6. The Bertz CT molecular complexity index is 391. The van der Waals surface area contributed by atoms with Gasteiger partial charge < -0.3 is 10.3 Å². The Morgan fingerprint density at radius 2 is 2.29 bits per heavy atom. The molecule has 0 aromatic carbocycles. The van der Waals surface area contributed by atoms with Gasteiger partial charge in [-0.25, -0.2) is 0 Å². The molecule has 0 saturated carbocycles. The van der Waals surface area contributed by atoms with Gasteiger partial charge >= 0.3 is 4.87 Å². The molecule has 0 fully saturated rings. The van der Waals surface area contributed by atoms with Crippen LogP contribution in [0.15, 0.2) is 4.79 Å². The lowest BCUT2D eigenvalue weighted by molar-refractivity contribution is 0.264. The average molecular weight is 212 g/mol. The Morgan fingerprint density at radius 1 is 1.57 bits per heavy atom. The van der Waals surface area contributed by atoms with E-state index >= 15 is 0 Å². The Balaban J connectivity index is 2.45.